The van der Waals surface area contributed by atoms with Crippen LogP contribution in [0.2, 0.25) is 10.0 Å². The number of halogens is 2. The minimum absolute atomic E-state index is 0.168. The summed E-state index contributed by atoms with van der Waals surface area (Å²) in [7, 11) is 0. The van der Waals surface area contributed by atoms with E-state index in [1.165, 1.54) is 0 Å². The Bertz CT molecular complexity index is 488. The van der Waals surface area contributed by atoms with Gasteiger partial charge in [-0.2, -0.15) is 0 Å². The molecule has 5 heteroatoms. The molecule has 1 heterocycles. The van der Waals surface area contributed by atoms with Crippen LogP contribution in [0.25, 0.3) is 0 Å². The molecule has 2 rings (SSSR count). The van der Waals surface area contributed by atoms with Crippen LogP contribution in [0.15, 0.2) is 18.2 Å². The predicted molar refractivity (Wildman–Crippen MR) is 72.2 cm³/mol. The Balaban J connectivity index is 2.32. The van der Waals surface area contributed by atoms with E-state index in [1.807, 2.05) is 13.8 Å². The zero-order valence-electron chi connectivity index (χ0n) is 10.3. The average molecular weight is 288 g/mol. The molecule has 1 aromatic carbocycles. The number of amides is 1. The van der Waals surface area contributed by atoms with Gasteiger partial charge in [0.2, 0.25) is 0 Å². The van der Waals surface area contributed by atoms with E-state index in [4.69, 9.17) is 23.2 Å². The van der Waals surface area contributed by atoms with Crippen LogP contribution in [0.1, 0.15) is 30.6 Å². The van der Waals surface area contributed by atoms with Crippen LogP contribution in [0.4, 0.5) is 0 Å². The molecule has 0 radical (unpaired) electrons. The van der Waals surface area contributed by atoms with Crippen molar-refractivity contribution in [3.63, 3.8) is 0 Å². The number of benzene rings is 1. The summed E-state index contributed by atoms with van der Waals surface area (Å²) in [6, 6.07) is 4.81. The van der Waals surface area contributed by atoms with Crippen molar-refractivity contribution in [2.45, 2.75) is 31.9 Å². The number of aliphatic hydroxyl groups is 1. The summed E-state index contributed by atoms with van der Waals surface area (Å²) in [5.74, 6) is -0.168. The zero-order chi connectivity index (χ0) is 13.5. The Hall–Kier alpha value is -0.770. The highest BCUT2D eigenvalue weighted by molar-refractivity contribution is 6.36. The van der Waals surface area contributed by atoms with Crippen LogP contribution in [-0.2, 0) is 0 Å². The van der Waals surface area contributed by atoms with E-state index in [0.717, 1.165) is 0 Å². The van der Waals surface area contributed by atoms with Crippen LogP contribution in [0.3, 0.4) is 0 Å². The molecule has 3 nitrogen and oxygen atoms in total. The SMILES string of the molecule is CC1(C)C(O)CCN1C(=O)c1ccc(Cl)cc1Cl. The molecular weight excluding hydrogens is 273 g/mol. The molecule has 18 heavy (non-hydrogen) atoms. The van der Waals surface area contributed by atoms with E-state index in [-0.39, 0.29) is 5.91 Å². The van der Waals surface area contributed by atoms with Crippen molar-refractivity contribution in [3.05, 3.63) is 33.8 Å². The van der Waals surface area contributed by atoms with Crippen molar-refractivity contribution in [1.82, 2.24) is 4.90 Å². The van der Waals surface area contributed by atoms with E-state index in [2.05, 4.69) is 0 Å². The smallest absolute Gasteiger partial charge is 0.255 e. The van der Waals surface area contributed by atoms with Gasteiger partial charge < -0.3 is 10.0 Å². The average Bonchev–Trinajstić information content (AvgIpc) is 2.53. The first-order valence-corrected chi connectivity index (χ1v) is 6.54. The van der Waals surface area contributed by atoms with Gasteiger partial charge in [-0.25, -0.2) is 0 Å². The van der Waals surface area contributed by atoms with E-state index >= 15 is 0 Å². The lowest BCUT2D eigenvalue weighted by Gasteiger charge is -2.34. The summed E-state index contributed by atoms with van der Waals surface area (Å²) >= 11 is 11.8. The van der Waals surface area contributed by atoms with Crippen molar-refractivity contribution in [2.24, 2.45) is 0 Å². The first-order valence-electron chi connectivity index (χ1n) is 5.79. The van der Waals surface area contributed by atoms with Crippen LogP contribution < -0.4 is 0 Å². The molecule has 1 aliphatic heterocycles. The largest absolute Gasteiger partial charge is 0.391 e. The van der Waals surface area contributed by atoms with E-state index in [1.54, 1.807) is 23.1 Å². The molecule has 0 aromatic heterocycles. The summed E-state index contributed by atoms with van der Waals surface area (Å²) in [6.07, 6.45) is 0.0803. The minimum atomic E-state index is -0.569. The van der Waals surface area contributed by atoms with Crippen molar-refractivity contribution >= 4 is 29.1 Å². The maximum atomic E-state index is 12.4. The Labute approximate surface area is 116 Å². The molecule has 0 aliphatic carbocycles. The van der Waals surface area contributed by atoms with Crippen LogP contribution in [0.5, 0.6) is 0 Å². The first-order chi connectivity index (χ1) is 8.34. The third kappa shape index (κ3) is 2.22. The maximum absolute atomic E-state index is 12.4. The Morgan fingerprint density at radius 2 is 2.11 bits per heavy atom. The Morgan fingerprint density at radius 3 is 2.61 bits per heavy atom. The molecule has 1 aromatic rings. The lowest BCUT2D eigenvalue weighted by Crippen LogP contribution is -2.48. The van der Waals surface area contributed by atoms with Crippen molar-refractivity contribution in [2.75, 3.05) is 6.54 Å². The number of likely N-dealkylation sites (tertiary alicyclic amines) is 1. The topological polar surface area (TPSA) is 40.5 Å². The lowest BCUT2D eigenvalue weighted by molar-refractivity contribution is 0.0394. The molecule has 1 saturated heterocycles. The molecule has 0 bridgehead atoms. The van der Waals surface area contributed by atoms with Gasteiger partial charge in [0.25, 0.3) is 5.91 Å². The van der Waals surface area contributed by atoms with Gasteiger partial charge in [-0.1, -0.05) is 23.2 Å². The summed E-state index contributed by atoms with van der Waals surface area (Å²) in [4.78, 5) is 14.1. The number of carbonyl (C=O) groups is 1. The van der Waals surface area contributed by atoms with E-state index < -0.39 is 11.6 Å². The van der Waals surface area contributed by atoms with Gasteiger partial charge in [0, 0.05) is 11.6 Å². The third-order valence-corrected chi connectivity index (χ3v) is 4.09. The molecule has 98 valence electrons. The molecule has 1 atom stereocenters. The van der Waals surface area contributed by atoms with Gasteiger partial charge in [-0.05, 0) is 38.5 Å². The number of hydrogen-bond donors (Lipinski definition) is 1. The number of carbonyl (C=O) groups excluding carboxylic acids is 1. The summed E-state index contributed by atoms with van der Waals surface area (Å²) in [5.41, 5.74) is -0.150. The fraction of sp³-hybridized carbons (Fsp3) is 0.462. The van der Waals surface area contributed by atoms with Crippen LogP contribution in [-0.4, -0.2) is 34.1 Å². The standard InChI is InChI=1S/C13H15Cl2NO2/c1-13(2)11(17)5-6-16(13)12(18)9-4-3-8(14)7-10(9)15/h3-4,7,11,17H,5-6H2,1-2H3. The monoisotopic (exact) mass is 287 g/mol. The molecule has 1 N–H and O–H groups in total. The highest BCUT2D eigenvalue weighted by Crippen LogP contribution is 2.32. The molecule has 1 fully saturated rings. The van der Waals surface area contributed by atoms with Gasteiger partial charge in [-0.3, -0.25) is 4.79 Å². The van der Waals surface area contributed by atoms with Gasteiger partial charge in [0.15, 0.2) is 0 Å². The predicted octanol–water partition coefficient (Wildman–Crippen LogP) is 2.98. The quantitative estimate of drug-likeness (QED) is 0.863. The maximum Gasteiger partial charge on any atom is 0.255 e. The molecular formula is C13H15Cl2NO2. The van der Waals surface area contributed by atoms with Gasteiger partial charge in [0.1, 0.15) is 0 Å². The number of hydrogen-bond acceptors (Lipinski definition) is 2. The second-order valence-electron chi connectivity index (χ2n) is 5.04. The Morgan fingerprint density at radius 1 is 1.44 bits per heavy atom. The third-order valence-electron chi connectivity index (χ3n) is 3.54. The zero-order valence-corrected chi connectivity index (χ0v) is 11.8. The molecule has 1 unspecified atom stereocenters. The minimum Gasteiger partial charge on any atom is -0.391 e. The van der Waals surface area contributed by atoms with Gasteiger partial charge in [-0.15, -0.1) is 0 Å². The fourth-order valence-electron chi connectivity index (χ4n) is 2.24. The summed E-state index contributed by atoms with van der Waals surface area (Å²) in [6.45, 7) is 4.24. The van der Waals surface area contributed by atoms with E-state index in [0.29, 0.717) is 28.6 Å². The molecule has 1 amide bonds. The second kappa shape index (κ2) is 4.72. The van der Waals surface area contributed by atoms with Gasteiger partial charge in [0.05, 0.1) is 22.2 Å². The summed E-state index contributed by atoms with van der Waals surface area (Å²) < 4.78 is 0. The summed E-state index contributed by atoms with van der Waals surface area (Å²) in [5, 5.41) is 10.7. The van der Waals surface area contributed by atoms with Crippen molar-refractivity contribution in [3.8, 4) is 0 Å². The van der Waals surface area contributed by atoms with Crippen molar-refractivity contribution < 1.29 is 9.90 Å². The lowest BCUT2D eigenvalue weighted by atomic mass is 9.98. The normalized spacial score (nSPS) is 22.3. The number of aliphatic hydroxyl groups excluding tert-OH is 1. The molecule has 1 aliphatic rings. The van der Waals surface area contributed by atoms with E-state index in [9.17, 15) is 9.90 Å². The van der Waals surface area contributed by atoms with Crippen LogP contribution >= 0.6 is 23.2 Å². The molecule has 0 spiro atoms. The fourth-order valence-corrected chi connectivity index (χ4v) is 2.73. The molecule has 0 saturated carbocycles. The number of nitrogens with zero attached hydrogens (tertiary/aromatic N) is 1. The van der Waals surface area contributed by atoms with Gasteiger partial charge >= 0.3 is 0 Å². The van der Waals surface area contributed by atoms with Crippen molar-refractivity contribution in [1.29, 1.82) is 0 Å². The second-order valence-corrected chi connectivity index (χ2v) is 5.88. The van der Waals surface area contributed by atoms with Crippen LogP contribution in [0, 0.1) is 0 Å². The first kappa shape index (κ1) is 13.7. The Kier molecular flexibility index (Phi) is 3.58. The number of rotatable bonds is 1. The highest BCUT2D eigenvalue weighted by Gasteiger charge is 2.43. The highest BCUT2D eigenvalue weighted by atomic mass is 35.5.